The van der Waals surface area contributed by atoms with Crippen LogP contribution >= 0.6 is 0 Å². The first-order chi connectivity index (χ1) is 16.5. The smallest absolute Gasteiger partial charge is 0.408 e. The Morgan fingerprint density at radius 3 is 1.97 bits per heavy atom. The highest BCUT2D eigenvalue weighted by Crippen LogP contribution is 2.10. The Hall–Kier alpha value is -3.53. The molecule has 1 unspecified atom stereocenters. The molecule has 0 spiro atoms. The molecule has 0 aliphatic rings. The van der Waals surface area contributed by atoms with Crippen LogP contribution in [0.2, 0.25) is 0 Å². The van der Waals surface area contributed by atoms with Crippen molar-refractivity contribution < 1.29 is 37.4 Å². The summed E-state index contributed by atoms with van der Waals surface area (Å²) in [7, 11) is 0. The molecule has 0 heterocycles. The predicted octanol–water partition coefficient (Wildman–Crippen LogP) is 3.59. The number of hydrogen-bond acceptors (Lipinski definition) is 6. The van der Waals surface area contributed by atoms with Crippen molar-refractivity contribution in [1.29, 1.82) is 0 Å². The van der Waals surface area contributed by atoms with Gasteiger partial charge in [-0.25, -0.2) is 9.59 Å². The molecule has 0 fully saturated rings. The van der Waals surface area contributed by atoms with Gasteiger partial charge in [0, 0.05) is 6.42 Å². The summed E-state index contributed by atoms with van der Waals surface area (Å²) in [6.07, 6.45) is -0.784. The van der Waals surface area contributed by atoms with Gasteiger partial charge in [0.15, 0.2) is 6.04 Å². The number of hydrogen-bond donors (Lipinski definition) is 2. The topological polar surface area (TPSA) is 103 Å². The Morgan fingerprint density at radius 1 is 0.857 bits per heavy atom. The van der Waals surface area contributed by atoms with Crippen molar-refractivity contribution in [3.8, 4) is 0 Å². The van der Waals surface area contributed by atoms with Gasteiger partial charge in [0.05, 0.1) is 6.61 Å². The fourth-order valence-electron chi connectivity index (χ4n) is 2.95. The molecule has 8 nitrogen and oxygen atoms in total. The standard InChI is InChI=1S/C25H30F2N2O6/c1-25(2,3)35-24(32)29-19(14-17-10-6-4-7-11-17)21(30)28-20(16-34-23(26)27)22(31)33-15-18-12-8-5-9-13-18/h4-13,19-20,23H,14-16H2,1-3H3,(H,28,30)(H,29,32)/t19?,20-/m0/s1. The molecule has 35 heavy (non-hydrogen) atoms. The minimum atomic E-state index is -3.16. The highest BCUT2D eigenvalue weighted by atomic mass is 19.3. The zero-order chi connectivity index (χ0) is 25.8. The Labute approximate surface area is 202 Å². The third-order valence-corrected chi connectivity index (χ3v) is 4.50. The maximum Gasteiger partial charge on any atom is 0.408 e. The van der Waals surface area contributed by atoms with E-state index < -0.39 is 48.9 Å². The molecule has 0 aromatic heterocycles. The van der Waals surface area contributed by atoms with Gasteiger partial charge in [-0.15, -0.1) is 0 Å². The average Bonchev–Trinajstić information content (AvgIpc) is 2.79. The van der Waals surface area contributed by atoms with Crippen LogP contribution in [-0.4, -0.2) is 48.9 Å². The second-order valence-corrected chi connectivity index (χ2v) is 8.64. The van der Waals surface area contributed by atoms with Gasteiger partial charge in [0.25, 0.3) is 0 Å². The van der Waals surface area contributed by atoms with Crippen molar-refractivity contribution >= 4 is 18.0 Å². The molecular formula is C25H30F2N2O6. The van der Waals surface area contributed by atoms with Crippen LogP contribution in [0, 0.1) is 0 Å². The number of rotatable bonds is 11. The molecule has 2 aromatic carbocycles. The zero-order valence-electron chi connectivity index (χ0n) is 19.8. The van der Waals surface area contributed by atoms with E-state index >= 15 is 0 Å². The minimum Gasteiger partial charge on any atom is -0.459 e. The molecule has 0 aliphatic heterocycles. The predicted molar refractivity (Wildman–Crippen MR) is 123 cm³/mol. The second-order valence-electron chi connectivity index (χ2n) is 8.64. The summed E-state index contributed by atoms with van der Waals surface area (Å²) < 4.78 is 40.0. The number of carbonyl (C=O) groups excluding carboxylic acids is 3. The Kier molecular flexibility index (Phi) is 10.6. The Balaban J connectivity index is 2.13. The van der Waals surface area contributed by atoms with Crippen molar-refractivity contribution in [3.63, 3.8) is 0 Å². The molecule has 10 heteroatoms. The molecule has 2 atom stereocenters. The lowest BCUT2D eigenvalue weighted by Gasteiger charge is -2.25. The molecule has 2 rings (SSSR count). The number of alkyl halides is 2. The number of halogens is 2. The van der Waals surface area contributed by atoms with E-state index in [1.807, 2.05) is 0 Å². The summed E-state index contributed by atoms with van der Waals surface area (Å²) in [5, 5.41) is 4.83. The lowest BCUT2D eigenvalue weighted by atomic mass is 10.0. The van der Waals surface area contributed by atoms with E-state index in [0.29, 0.717) is 5.56 Å². The Bertz CT molecular complexity index is 951. The maximum absolute atomic E-state index is 13.1. The molecule has 2 aromatic rings. The molecule has 0 aliphatic carbocycles. The number of alkyl carbamates (subject to hydrolysis) is 1. The lowest BCUT2D eigenvalue weighted by Crippen LogP contribution is -2.54. The molecular weight excluding hydrogens is 462 g/mol. The van der Waals surface area contributed by atoms with Crippen LogP contribution in [0.1, 0.15) is 31.9 Å². The van der Waals surface area contributed by atoms with Crippen LogP contribution < -0.4 is 10.6 Å². The largest absolute Gasteiger partial charge is 0.459 e. The van der Waals surface area contributed by atoms with Gasteiger partial charge < -0.3 is 24.8 Å². The van der Waals surface area contributed by atoms with Gasteiger partial charge in [-0.05, 0) is 31.9 Å². The highest BCUT2D eigenvalue weighted by Gasteiger charge is 2.30. The van der Waals surface area contributed by atoms with Gasteiger partial charge in [0.1, 0.15) is 18.2 Å². The molecule has 2 N–H and O–H groups in total. The molecule has 0 radical (unpaired) electrons. The first kappa shape index (κ1) is 27.7. The van der Waals surface area contributed by atoms with Crippen LogP contribution in [0.3, 0.4) is 0 Å². The summed E-state index contributed by atoms with van der Waals surface area (Å²) in [5.41, 5.74) is 0.581. The SMILES string of the molecule is CC(C)(C)OC(=O)NC(Cc1ccccc1)C(=O)N[C@@H](COC(F)F)C(=O)OCc1ccccc1. The van der Waals surface area contributed by atoms with Crippen LogP contribution in [0.5, 0.6) is 0 Å². The highest BCUT2D eigenvalue weighted by molar-refractivity contribution is 5.90. The molecule has 2 amide bonds. The van der Waals surface area contributed by atoms with E-state index in [4.69, 9.17) is 9.47 Å². The third kappa shape index (κ3) is 11.0. The van der Waals surface area contributed by atoms with E-state index in [1.54, 1.807) is 81.4 Å². The number of ether oxygens (including phenoxy) is 3. The van der Waals surface area contributed by atoms with Gasteiger partial charge in [-0.2, -0.15) is 8.78 Å². The van der Waals surface area contributed by atoms with Crippen molar-refractivity contribution in [2.24, 2.45) is 0 Å². The van der Waals surface area contributed by atoms with Gasteiger partial charge in [0.2, 0.25) is 5.91 Å². The van der Waals surface area contributed by atoms with Crippen LogP contribution in [0.4, 0.5) is 13.6 Å². The number of amides is 2. The number of nitrogens with one attached hydrogen (secondary N) is 2. The van der Waals surface area contributed by atoms with Crippen molar-refractivity contribution in [2.75, 3.05) is 6.61 Å². The Morgan fingerprint density at radius 2 is 1.43 bits per heavy atom. The monoisotopic (exact) mass is 492 g/mol. The fraction of sp³-hybridized carbons (Fsp3) is 0.400. The normalized spacial score (nSPS) is 13.0. The van der Waals surface area contributed by atoms with Crippen molar-refractivity contribution in [3.05, 3.63) is 71.8 Å². The number of benzene rings is 2. The quantitative estimate of drug-likeness (QED) is 0.465. The summed E-state index contributed by atoms with van der Waals surface area (Å²) in [6, 6.07) is 14.9. The van der Waals surface area contributed by atoms with Crippen molar-refractivity contribution in [1.82, 2.24) is 10.6 Å². The fourth-order valence-corrected chi connectivity index (χ4v) is 2.95. The van der Waals surface area contributed by atoms with Crippen LogP contribution in [0.15, 0.2) is 60.7 Å². The summed E-state index contributed by atoms with van der Waals surface area (Å²) in [4.78, 5) is 38.0. The van der Waals surface area contributed by atoms with E-state index in [2.05, 4.69) is 15.4 Å². The average molecular weight is 493 g/mol. The molecule has 0 saturated carbocycles. The first-order valence-corrected chi connectivity index (χ1v) is 11.0. The summed E-state index contributed by atoms with van der Waals surface area (Å²) in [6.45, 7) is 0.903. The van der Waals surface area contributed by atoms with Gasteiger partial charge >= 0.3 is 18.7 Å². The van der Waals surface area contributed by atoms with Crippen LogP contribution in [0.25, 0.3) is 0 Å². The zero-order valence-corrected chi connectivity index (χ0v) is 19.8. The second kappa shape index (κ2) is 13.4. The molecule has 190 valence electrons. The summed E-state index contributed by atoms with van der Waals surface area (Å²) in [5.74, 6) is -1.75. The van der Waals surface area contributed by atoms with Gasteiger partial charge in [-0.3, -0.25) is 4.79 Å². The van der Waals surface area contributed by atoms with E-state index in [-0.39, 0.29) is 13.0 Å². The number of carbonyl (C=O) groups is 3. The van der Waals surface area contributed by atoms with E-state index in [0.717, 1.165) is 5.56 Å². The number of esters is 1. The van der Waals surface area contributed by atoms with E-state index in [1.165, 1.54) is 0 Å². The maximum atomic E-state index is 13.1. The lowest BCUT2D eigenvalue weighted by molar-refractivity contribution is -0.161. The third-order valence-electron chi connectivity index (χ3n) is 4.50. The summed E-state index contributed by atoms with van der Waals surface area (Å²) >= 11 is 0. The molecule has 0 saturated heterocycles. The van der Waals surface area contributed by atoms with E-state index in [9.17, 15) is 23.2 Å². The molecule has 0 bridgehead atoms. The minimum absolute atomic E-state index is 0.0629. The van der Waals surface area contributed by atoms with Crippen LogP contribution in [-0.2, 0) is 36.8 Å². The first-order valence-electron chi connectivity index (χ1n) is 11.0. The van der Waals surface area contributed by atoms with Gasteiger partial charge in [-0.1, -0.05) is 60.7 Å². The van der Waals surface area contributed by atoms with Crippen molar-refractivity contribution in [2.45, 2.75) is 58.1 Å².